The number of aliphatic hydroxyl groups is 1. The first kappa shape index (κ1) is 8.89. The van der Waals surface area contributed by atoms with Gasteiger partial charge in [-0.25, -0.2) is 0 Å². The van der Waals surface area contributed by atoms with Crippen LogP contribution in [0.2, 0.25) is 0 Å². The van der Waals surface area contributed by atoms with Crippen molar-refractivity contribution in [3.63, 3.8) is 0 Å². The molecule has 0 spiro atoms. The van der Waals surface area contributed by atoms with Crippen molar-refractivity contribution >= 4 is 11.8 Å². The van der Waals surface area contributed by atoms with Crippen molar-refractivity contribution in [1.29, 1.82) is 0 Å². The Hall–Kier alpha value is 0.310. The van der Waals surface area contributed by atoms with E-state index in [1.807, 2.05) is 0 Å². The second kappa shape index (κ2) is 3.22. The molecule has 1 saturated heterocycles. The maximum atomic E-state index is 9.83. The summed E-state index contributed by atoms with van der Waals surface area (Å²) < 4.78 is 0. The van der Waals surface area contributed by atoms with E-state index in [4.69, 9.17) is 0 Å². The van der Waals surface area contributed by atoms with Crippen LogP contribution in [-0.4, -0.2) is 16.3 Å². The van der Waals surface area contributed by atoms with Crippen molar-refractivity contribution in [3.05, 3.63) is 0 Å². The first-order valence-electron chi connectivity index (χ1n) is 5.00. The normalized spacial score (nSPS) is 53.8. The molecule has 5 atom stereocenters. The van der Waals surface area contributed by atoms with Gasteiger partial charge in [0.25, 0.3) is 0 Å². The topological polar surface area (TPSA) is 20.2 Å². The quantitative estimate of drug-likeness (QED) is 0.626. The Morgan fingerprint density at radius 3 is 2.58 bits per heavy atom. The zero-order valence-corrected chi connectivity index (χ0v) is 8.68. The smallest absolute Gasteiger partial charge is 0.103 e. The molecule has 0 bridgehead atoms. The SMILES string of the molecule is C[C@H]1CS[C@@H](O)[C@H]2[C@@H]1CC[C@@H]2C. The highest BCUT2D eigenvalue weighted by molar-refractivity contribution is 7.99. The summed E-state index contributed by atoms with van der Waals surface area (Å²) in [6, 6.07) is 0. The van der Waals surface area contributed by atoms with Crippen molar-refractivity contribution < 1.29 is 5.11 Å². The highest BCUT2D eigenvalue weighted by atomic mass is 32.2. The van der Waals surface area contributed by atoms with Crippen LogP contribution in [0.25, 0.3) is 0 Å². The minimum atomic E-state index is -0.0660. The average molecular weight is 186 g/mol. The van der Waals surface area contributed by atoms with Crippen molar-refractivity contribution in [2.45, 2.75) is 32.1 Å². The number of hydrogen-bond acceptors (Lipinski definition) is 2. The molecule has 2 aliphatic rings. The van der Waals surface area contributed by atoms with Gasteiger partial charge >= 0.3 is 0 Å². The van der Waals surface area contributed by atoms with E-state index in [0.717, 1.165) is 23.5 Å². The number of fused-ring (bicyclic) bond motifs is 1. The standard InChI is InChI=1S/C10H18OS/c1-6-3-4-8-7(2)5-12-10(11)9(6)8/h6-11H,3-5H2,1-2H3/t6-,7-,8+,9+,10+/m0/s1. The molecule has 0 unspecified atom stereocenters. The van der Waals surface area contributed by atoms with Gasteiger partial charge in [0.15, 0.2) is 0 Å². The molecule has 70 valence electrons. The van der Waals surface area contributed by atoms with Gasteiger partial charge in [-0.15, -0.1) is 11.8 Å². The molecule has 0 aromatic heterocycles. The Kier molecular flexibility index (Phi) is 2.39. The van der Waals surface area contributed by atoms with Gasteiger partial charge in [-0.05, 0) is 35.8 Å². The summed E-state index contributed by atoms with van der Waals surface area (Å²) in [5.74, 6) is 4.15. The van der Waals surface area contributed by atoms with Crippen LogP contribution in [0.4, 0.5) is 0 Å². The summed E-state index contributed by atoms with van der Waals surface area (Å²) in [5, 5.41) is 9.83. The van der Waals surface area contributed by atoms with Gasteiger partial charge in [-0.2, -0.15) is 0 Å². The van der Waals surface area contributed by atoms with Crippen LogP contribution in [0.1, 0.15) is 26.7 Å². The van der Waals surface area contributed by atoms with Gasteiger partial charge in [-0.1, -0.05) is 20.3 Å². The fraction of sp³-hybridized carbons (Fsp3) is 1.00. The second-order valence-electron chi connectivity index (χ2n) is 4.50. The predicted octanol–water partition coefficient (Wildman–Crippen LogP) is 2.35. The molecular weight excluding hydrogens is 168 g/mol. The molecule has 0 radical (unpaired) electrons. The zero-order valence-electron chi connectivity index (χ0n) is 7.86. The van der Waals surface area contributed by atoms with Gasteiger partial charge in [0.2, 0.25) is 0 Å². The van der Waals surface area contributed by atoms with Crippen LogP contribution in [0.15, 0.2) is 0 Å². The lowest BCUT2D eigenvalue weighted by atomic mass is 9.83. The molecular formula is C10H18OS. The molecule has 1 aliphatic carbocycles. The lowest BCUT2D eigenvalue weighted by Crippen LogP contribution is -2.35. The zero-order chi connectivity index (χ0) is 8.72. The minimum absolute atomic E-state index is 0.0660. The van der Waals surface area contributed by atoms with Crippen LogP contribution in [0, 0.1) is 23.7 Å². The summed E-state index contributed by atoms with van der Waals surface area (Å²) in [6.45, 7) is 4.64. The summed E-state index contributed by atoms with van der Waals surface area (Å²) in [5.41, 5.74) is -0.0660. The van der Waals surface area contributed by atoms with Crippen molar-refractivity contribution in [1.82, 2.24) is 0 Å². The predicted molar refractivity (Wildman–Crippen MR) is 53.0 cm³/mol. The van der Waals surface area contributed by atoms with Crippen LogP contribution in [-0.2, 0) is 0 Å². The highest BCUT2D eigenvalue weighted by Gasteiger charge is 2.43. The van der Waals surface area contributed by atoms with E-state index in [9.17, 15) is 5.11 Å². The fourth-order valence-corrected chi connectivity index (χ4v) is 4.34. The Bertz CT molecular complexity index is 171. The third kappa shape index (κ3) is 1.29. The van der Waals surface area contributed by atoms with E-state index < -0.39 is 0 Å². The van der Waals surface area contributed by atoms with Crippen molar-refractivity contribution in [2.24, 2.45) is 23.7 Å². The van der Waals surface area contributed by atoms with E-state index in [-0.39, 0.29) is 5.44 Å². The molecule has 1 N–H and O–H groups in total. The summed E-state index contributed by atoms with van der Waals surface area (Å²) >= 11 is 1.76. The van der Waals surface area contributed by atoms with Gasteiger partial charge in [0.1, 0.15) is 5.44 Å². The number of hydrogen-bond donors (Lipinski definition) is 1. The van der Waals surface area contributed by atoms with E-state index in [1.54, 1.807) is 11.8 Å². The average Bonchev–Trinajstić information content (AvgIpc) is 2.42. The van der Waals surface area contributed by atoms with Gasteiger partial charge < -0.3 is 5.11 Å². The van der Waals surface area contributed by atoms with E-state index in [1.165, 1.54) is 12.8 Å². The molecule has 1 saturated carbocycles. The Labute approximate surface area is 78.9 Å². The van der Waals surface area contributed by atoms with Gasteiger partial charge in [0.05, 0.1) is 0 Å². The van der Waals surface area contributed by atoms with Crippen LogP contribution < -0.4 is 0 Å². The lowest BCUT2D eigenvalue weighted by Gasteiger charge is -2.36. The van der Waals surface area contributed by atoms with Crippen molar-refractivity contribution in [3.8, 4) is 0 Å². The highest BCUT2D eigenvalue weighted by Crippen LogP contribution is 2.49. The Morgan fingerprint density at radius 2 is 1.92 bits per heavy atom. The van der Waals surface area contributed by atoms with E-state index in [2.05, 4.69) is 13.8 Å². The molecule has 12 heavy (non-hydrogen) atoms. The maximum Gasteiger partial charge on any atom is 0.103 e. The molecule has 0 aromatic carbocycles. The minimum Gasteiger partial charge on any atom is -0.382 e. The molecule has 2 rings (SSSR count). The second-order valence-corrected chi connectivity index (χ2v) is 5.65. The van der Waals surface area contributed by atoms with Crippen LogP contribution >= 0.6 is 11.8 Å². The van der Waals surface area contributed by atoms with Crippen LogP contribution in [0.3, 0.4) is 0 Å². The molecule has 2 fully saturated rings. The molecule has 2 heteroatoms. The van der Waals surface area contributed by atoms with Crippen LogP contribution in [0.5, 0.6) is 0 Å². The fourth-order valence-electron chi connectivity index (χ4n) is 2.90. The van der Waals surface area contributed by atoms with E-state index in [0.29, 0.717) is 5.92 Å². The van der Waals surface area contributed by atoms with Gasteiger partial charge in [0, 0.05) is 0 Å². The molecule has 1 nitrogen and oxygen atoms in total. The lowest BCUT2D eigenvalue weighted by molar-refractivity contribution is 0.108. The van der Waals surface area contributed by atoms with Crippen molar-refractivity contribution in [2.75, 3.05) is 5.75 Å². The number of rotatable bonds is 0. The number of aliphatic hydroxyl groups excluding tert-OH is 1. The first-order chi connectivity index (χ1) is 5.70. The molecule has 0 aromatic rings. The summed E-state index contributed by atoms with van der Waals surface area (Å²) in [6.07, 6.45) is 2.68. The van der Waals surface area contributed by atoms with E-state index >= 15 is 0 Å². The first-order valence-corrected chi connectivity index (χ1v) is 6.04. The monoisotopic (exact) mass is 186 g/mol. The maximum absolute atomic E-state index is 9.83. The molecule has 1 heterocycles. The number of thioether (sulfide) groups is 1. The third-order valence-corrected chi connectivity index (χ3v) is 5.07. The molecule has 0 amide bonds. The van der Waals surface area contributed by atoms with Gasteiger partial charge in [-0.3, -0.25) is 0 Å². The largest absolute Gasteiger partial charge is 0.382 e. The summed E-state index contributed by atoms with van der Waals surface area (Å²) in [7, 11) is 0. The summed E-state index contributed by atoms with van der Waals surface area (Å²) in [4.78, 5) is 0. The Morgan fingerprint density at radius 1 is 1.17 bits per heavy atom. The third-order valence-electron chi connectivity index (χ3n) is 3.70. The molecule has 1 aliphatic heterocycles. The Balaban J connectivity index is 2.13.